The van der Waals surface area contributed by atoms with E-state index in [1.165, 1.54) is 16.7 Å². The van der Waals surface area contributed by atoms with Crippen LogP contribution in [0.4, 0.5) is 0 Å². The van der Waals surface area contributed by atoms with Gasteiger partial charge in [0.15, 0.2) is 0 Å². The van der Waals surface area contributed by atoms with Crippen LogP contribution in [-0.4, -0.2) is 35.8 Å². The van der Waals surface area contributed by atoms with Crippen LogP contribution in [-0.2, 0) is 22.6 Å². The first-order chi connectivity index (χ1) is 13.7. The van der Waals surface area contributed by atoms with Crippen molar-refractivity contribution in [3.8, 4) is 0 Å². The van der Waals surface area contributed by atoms with Crippen molar-refractivity contribution >= 4 is 23.2 Å². The number of thiophene rings is 1. The largest absolute Gasteiger partial charge is 0.346 e. The molecule has 2 N–H and O–H groups in total. The number of benzene rings is 1. The van der Waals surface area contributed by atoms with Crippen LogP contribution in [0.5, 0.6) is 0 Å². The minimum absolute atomic E-state index is 0.0721. The summed E-state index contributed by atoms with van der Waals surface area (Å²) in [7, 11) is 0. The van der Waals surface area contributed by atoms with Gasteiger partial charge in [-0.2, -0.15) is 11.3 Å². The van der Waals surface area contributed by atoms with Gasteiger partial charge in [-0.15, -0.1) is 0 Å². The van der Waals surface area contributed by atoms with Gasteiger partial charge >= 0.3 is 11.8 Å². The van der Waals surface area contributed by atoms with E-state index in [0.717, 1.165) is 45.2 Å². The van der Waals surface area contributed by atoms with Crippen LogP contribution in [0.2, 0.25) is 0 Å². The van der Waals surface area contributed by atoms with Gasteiger partial charge in [-0.25, -0.2) is 0 Å². The molecule has 2 aliphatic rings. The van der Waals surface area contributed by atoms with E-state index < -0.39 is 11.8 Å². The van der Waals surface area contributed by atoms with E-state index in [4.69, 9.17) is 0 Å². The molecule has 2 amide bonds. The third kappa shape index (κ3) is 4.45. The Hall–Kier alpha value is -2.18. The zero-order valence-corrected chi connectivity index (χ0v) is 16.8. The average Bonchev–Trinajstić information content (AvgIpc) is 3.42. The lowest BCUT2D eigenvalue weighted by atomic mass is 9.97. The molecule has 1 atom stereocenters. The Labute approximate surface area is 170 Å². The predicted octanol–water partition coefficient (Wildman–Crippen LogP) is 3.02. The van der Waals surface area contributed by atoms with Crippen LogP contribution in [0.25, 0.3) is 0 Å². The normalized spacial score (nSPS) is 18.4. The first kappa shape index (κ1) is 19.2. The van der Waals surface area contributed by atoms with Crippen molar-refractivity contribution in [1.82, 2.24) is 15.5 Å². The minimum atomic E-state index is -0.524. The maximum absolute atomic E-state index is 12.3. The maximum Gasteiger partial charge on any atom is 0.309 e. The molecule has 6 heteroatoms. The summed E-state index contributed by atoms with van der Waals surface area (Å²) in [5.74, 6) is -1.02. The van der Waals surface area contributed by atoms with Crippen molar-refractivity contribution in [1.29, 1.82) is 0 Å². The molecule has 1 aliphatic carbocycles. The second-order valence-electron chi connectivity index (χ2n) is 7.73. The van der Waals surface area contributed by atoms with Gasteiger partial charge in [0, 0.05) is 25.7 Å². The minimum Gasteiger partial charge on any atom is -0.346 e. The number of nitrogens with one attached hydrogen (secondary N) is 2. The number of amides is 2. The second-order valence-corrected chi connectivity index (χ2v) is 8.51. The lowest BCUT2D eigenvalue weighted by molar-refractivity contribution is -0.139. The summed E-state index contributed by atoms with van der Waals surface area (Å²) in [6.45, 7) is 2.25. The number of fused-ring (bicyclic) bond motifs is 1. The van der Waals surface area contributed by atoms with E-state index in [2.05, 4.69) is 56.6 Å². The van der Waals surface area contributed by atoms with Crippen molar-refractivity contribution in [2.45, 2.75) is 50.7 Å². The van der Waals surface area contributed by atoms with Crippen LogP contribution in [0.15, 0.2) is 41.1 Å². The lowest BCUT2D eigenvalue weighted by Gasteiger charge is -2.35. The molecule has 0 saturated heterocycles. The quantitative estimate of drug-likeness (QED) is 0.763. The zero-order valence-electron chi connectivity index (χ0n) is 16.0. The molecule has 0 bridgehead atoms. The molecule has 5 nitrogen and oxygen atoms in total. The van der Waals surface area contributed by atoms with Crippen LogP contribution < -0.4 is 10.6 Å². The van der Waals surface area contributed by atoms with Crippen molar-refractivity contribution in [2.75, 3.05) is 13.1 Å². The smallest absolute Gasteiger partial charge is 0.309 e. The Kier molecular flexibility index (Phi) is 6.07. The summed E-state index contributed by atoms with van der Waals surface area (Å²) >= 11 is 1.66. The van der Waals surface area contributed by atoms with E-state index in [1.807, 2.05) is 0 Å². The molecule has 4 rings (SSSR count). The van der Waals surface area contributed by atoms with Crippen LogP contribution in [0.1, 0.15) is 48.4 Å². The second kappa shape index (κ2) is 8.88. The monoisotopic (exact) mass is 397 g/mol. The Morgan fingerprint density at radius 1 is 1.11 bits per heavy atom. The van der Waals surface area contributed by atoms with Gasteiger partial charge in [0.2, 0.25) is 0 Å². The molecule has 1 aliphatic heterocycles. The number of rotatable bonds is 5. The van der Waals surface area contributed by atoms with Gasteiger partial charge in [-0.1, -0.05) is 37.1 Å². The molecule has 1 saturated carbocycles. The molecular formula is C22H27N3O2S. The highest BCUT2D eigenvalue weighted by Gasteiger charge is 2.27. The fourth-order valence-corrected chi connectivity index (χ4v) is 5.00. The molecular weight excluding hydrogens is 370 g/mol. The van der Waals surface area contributed by atoms with Crippen LogP contribution >= 0.6 is 11.3 Å². The van der Waals surface area contributed by atoms with Gasteiger partial charge in [-0.05, 0) is 52.8 Å². The van der Waals surface area contributed by atoms with E-state index in [0.29, 0.717) is 6.54 Å². The predicted molar refractivity (Wildman–Crippen MR) is 111 cm³/mol. The fraction of sp³-hybridized carbons (Fsp3) is 0.455. The van der Waals surface area contributed by atoms with Gasteiger partial charge in [0.25, 0.3) is 0 Å². The van der Waals surface area contributed by atoms with Crippen molar-refractivity contribution in [3.05, 3.63) is 57.8 Å². The van der Waals surface area contributed by atoms with Gasteiger partial charge in [0.05, 0.1) is 6.04 Å². The first-order valence-electron chi connectivity index (χ1n) is 10.1. The summed E-state index contributed by atoms with van der Waals surface area (Å²) < 4.78 is 0. The Morgan fingerprint density at radius 3 is 2.64 bits per heavy atom. The highest BCUT2D eigenvalue weighted by Crippen LogP contribution is 2.28. The van der Waals surface area contributed by atoms with Gasteiger partial charge in [-0.3, -0.25) is 14.5 Å². The highest BCUT2D eigenvalue weighted by molar-refractivity contribution is 7.08. The summed E-state index contributed by atoms with van der Waals surface area (Å²) in [6.07, 6.45) is 5.22. The van der Waals surface area contributed by atoms with Crippen LogP contribution in [0, 0.1) is 0 Å². The highest BCUT2D eigenvalue weighted by atomic mass is 32.1. The molecule has 2 aromatic rings. The molecule has 0 radical (unpaired) electrons. The molecule has 148 valence electrons. The van der Waals surface area contributed by atoms with Gasteiger partial charge in [0.1, 0.15) is 0 Å². The summed E-state index contributed by atoms with van der Waals surface area (Å²) in [5.41, 5.74) is 3.95. The topological polar surface area (TPSA) is 61.4 Å². The molecule has 2 heterocycles. The van der Waals surface area contributed by atoms with E-state index in [9.17, 15) is 9.59 Å². The Morgan fingerprint density at radius 2 is 1.89 bits per heavy atom. The summed E-state index contributed by atoms with van der Waals surface area (Å²) in [5, 5.41) is 9.94. The molecule has 28 heavy (non-hydrogen) atoms. The third-order valence-corrected chi connectivity index (χ3v) is 6.58. The number of carbonyl (C=O) groups is 2. The molecule has 0 spiro atoms. The van der Waals surface area contributed by atoms with E-state index in [1.54, 1.807) is 11.3 Å². The van der Waals surface area contributed by atoms with Crippen molar-refractivity contribution in [3.63, 3.8) is 0 Å². The van der Waals surface area contributed by atoms with E-state index in [-0.39, 0.29) is 12.1 Å². The number of carbonyl (C=O) groups excluding carboxylic acids is 2. The Bertz CT molecular complexity index is 815. The summed E-state index contributed by atoms with van der Waals surface area (Å²) in [6, 6.07) is 10.9. The van der Waals surface area contributed by atoms with Crippen molar-refractivity contribution in [2.24, 2.45) is 0 Å². The number of hydrogen-bond acceptors (Lipinski definition) is 4. The standard InChI is InChI=1S/C22H27N3O2S/c26-21(22(27)24-19-7-3-4-8-19)23-13-20(18-10-12-28-15-18)25-11-9-16-5-1-2-6-17(16)14-25/h1-2,5-6,10,12,15,19-20H,3-4,7-9,11,13-14H2,(H,23,26)(H,24,27). The molecule has 1 fully saturated rings. The maximum atomic E-state index is 12.3. The fourth-order valence-electron chi connectivity index (χ4n) is 4.30. The third-order valence-electron chi connectivity index (χ3n) is 5.88. The lowest BCUT2D eigenvalue weighted by Crippen LogP contribution is -2.47. The molecule has 1 aromatic carbocycles. The van der Waals surface area contributed by atoms with Gasteiger partial charge < -0.3 is 10.6 Å². The van der Waals surface area contributed by atoms with E-state index >= 15 is 0 Å². The van der Waals surface area contributed by atoms with Crippen molar-refractivity contribution < 1.29 is 9.59 Å². The average molecular weight is 398 g/mol. The molecule has 1 unspecified atom stereocenters. The first-order valence-corrected chi connectivity index (χ1v) is 11.1. The Balaban J connectivity index is 1.40. The number of nitrogens with zero attached hydrogens (tertiary/aromatic N) is 1. The molecule has 1 aromatic heterocycles. The summed E-state index contributed by atoms with van der Waals surface area (Å²) in [4.78, 5) is 27.0. The van der Waals surface area contributed by atoms with Crippen LogP contribution in [0.3, 0.4) is 0 Å². The number of hydrogen-bond donors (Lipinski definition) is 2. The SMILES string of the molecule is O=C(NCC(c1ccsc1)N1CCc2ccccc2C1)C(=O)NC1CCCC1. The zero-order chi connectivity index (χ0) is 19.3.